The standard InChI is InChI=1S/C51H93NO4S2/c1-9-11-13-15-17-18-19-20-21-23-25-27-36-48(35-26-24-22-16-14-12-10-2)49(38-37-47(6)34-29-33-46(5)32-28-31-45(3)4)56-51(54)40-44-58-57-43-39-50(53)55-42-30-41-52(7)8/h16,22,31,33,37,48-49H,9-15,17-21,23-30,32,34-36,38-44H2,1-8H3/b22-16-,46-33+,47-37+. The van der Waals surface area contributed by atoms with E-state index in [0.717, 1.165) is 70.8 Å². The van der Waals surface area contributed by atoms with Gasteiger partial charge in [0, 0.05) is 24.5 Å². The molecule has 58 heavy (non-hydrogen) atoms. The Morgan fingerprint density at radius 2 is 1.09 bits per heavy atom. The van der Waals surface area contributed by atoms with Gasteiger partial charge >= 0.3 is 11.9 Å². The average Bonchev–Trinajstić information content (AvgIpc) is 3.18. The molecule has 0 aliphatic heterocycles. The van der Waals surface area contributed by atoms with Crippen LogP contribution in [0.15, 0.2) is 47.1 Å². The highest BCUT2D eigenvalue weighted by Gasteiger charge is 2.24. The van der Waals surface area contributed by atoms with Crippen LogP contribution in [-0.4, -0.2) is 61.7 Å². The summed E-state index contributed by atoms with van der Waals surface area (Å²) in [6.45, 7) is 14.8. The van der Waals surface area contributed by atoms with Crippen molar-refractivity contribution in [2.24, 2.45) is 5.92 Å². The van der Waals surface area contributed by atoms with Crippen LogP contribution in [0.4, 0.5) is 0 Å². The largest absolute Gasteiger partial charge is 0.466 e. The van der Waals surface area contributed by atoms with Crippen LogP contribution in [0.2, 0.25) is 0 Å². The number of carbonyl (C=O) groups is 2. The second kappa shape index (κ2) is 42.3. The lowest BCUT2D eigenvalue weighted by atomic mass is 9.87. The summed E-state index contributed by atoms with van der Waals surface area (Å²) in [4.78, 5) is 27.6. The lowest BCUT2D eigenvalue weighted by Crippen LogP contribution is -2.27. The highest BCUT2D eigenvalue weighted by Crippen LogP contribution is 2.28. The average molecular weight is 848 g/mol. The Balaban J connectivity index is 5.37. The third-order valence-corrected chi connectivity index (χ3v) is 13.2. The number of allylic oxidation sites excluding steroid dienone is 7. The van der Waals surface area contributed by atoms with E-state index in [1.807, 2.05) is 14.1 Å². The van der Waals surface area contributed by atoms with Gasteiger partial charge in [-0.15, -0.1) is 0 Å². The summed E-state index contributed by atoms with van der Waals surface area (Å²) in [6.07, 6.45) is 42.9. The summed E-state index contributed by atoms with van der Waals surface area (Å²) in [5.74, 6) is 1.53. The van der Waals surface area contributed by atoms with Crippen molar-refractivity contribution in [3.8, 4) is 0 Å². The third-order valence-electron chi connectivity index (χ3n) is 10.8. The maximum atomic E-state index is 13.4. The van der Waals surface area contributed by atoms with Crippen molar-refractivity contribution in [1.29, 1.82) is 0 Å². The first-order valence-corrected chi connectivity index (χ1v) is 26.4. The van der Waals surface area contributed by atoms with Crippen molar-refractivity contribution in [3.05, 3.63) is 47.1 Å². The predicted octanol–water partition coefficient (Wildman–Crippen LogP) is 16.0. The predicted molar refractivity (Wildman–Crippen MR) is 260 cm³/mol. The van der Waals surface area contributed by atoms with Gasteiger partial charge in [-0.2, -0.15) is 0 Å². The minimum atomic E-state index is -0.140. The van der Waals surface area contributed by atoms with Gasteiger partial charge in [-0.3, -0.25) is 9.59 Å². The Hall–Kier alpha value is -1.44. The van der Waals surface area contributed by atoms with E-state index in [0.29, 0.717) is 36.9 Å². The summed E-state index contributed by atoms with van der Waals surface area (Å²) < 4.78 is 11.8. The van der Waals surface area contributed by atoms with Crippen LogP contribution in [0.1, 0.15) is 215 Å². The molecule has 0 aromatic carbocycles. The third kappa shape index (κ3) is 40.0. The van der Waals surface area contributed by atoms with Crippen LogP contribution >= 0.6 is 21.6 Å². The molecule has 7 heteroatoms. The number of unbranched alkanes of at least 4 members (excludes halogenated alkanes) is 14. The summed E-state index contributed by atoms with van der Waals surface area (Å²) in [5.41, 5.74) is 4.25. The quantitative estimate of drug-likeness (QED) is 0.0263. The first-order valence-electron chi connectivity index (χ1n) is 23.9. The molecular formula is C51H93NO4S2. The van der Waals surface area contributed by atoms with E-state index in [2.05, 4.69) is 76.8 Å². The van der Waals surface area contributed by atoms with E-state index >= 15 is 0 Å². The summed E-state index contributed by atoms with van der Waals surface area (Å²) in [5, 5.41) is 0. The van der Waals surface area contributed by atoms with Crippen molar-refractivity contribution in [1.82, 2.24) is 4.90 Å². The van der Waals surface area contributed by atoms with Crippen LogP contribution < -0.4 is 0 Å². The molecule has 338 valence electrons. The molecule has 0 N–H and O–H groups in total. The molecule has 0 rings (SSSR count). The van der Waals surface area contributed by atoms with Gasteiger partial charge in [-0.1, -0.05) is 172 Å². The van der Waals surface area contributed by atoms with Crippen LogP contribution in [-0.2, 0) is 19.1 Å². The molecule has 5 nitrogen and oxygen atoms in total. The highest BCUT2D eigenvalue weighted by atomic mass is 33.1. The second-order valence-electron chi connectivity index (χ2n) is 17.2. The normalized spacial score (nSPS) is 13.3. The number of rotatable bonds is 41. The fraction of sp³-hybridized carbons (Fsp3) is 0.804. The highest BCUT2D eigenvalue weighted by molar-refractivity contribution is 8.76. The summed E-state index contributed by atoms with van der Waals surface area (Å²) >= 11 is 0. The van der Waals surface area contributed by atoms with Crippen LogP contribution in [0.5, 0.6) is 0 Å². The molecule has 0 saturated carbocycles. The first-order chi connectivity index (χ1) is 28.1. The topological polar surface area (TPSA) is 55.8 Å². The Bertz CT molecular complexity index is 1090. The Morgan fingerprint density at radius 1 is 0.569 bits per heavy atom. The first kappa shape index (κ1) is 56.6. The van der Waals surface area contributed by atoms with Gasteiger partial charge < -0.3 is 14.4 Å². The molecule has 0 aromatic heterocycles. The van der Waals surface area contributed by atoms with Crippen LogP contribution in [0, 0.1) is 5.92 Å². The van der Waals surface area contributed by atoms with E-state index in [1.54, 1.807) is 21.6 Å². The van der Waals surface area contributed by atoms with Gasteiger partial charge in [0.05, 0.1) is 19.4 Å². The zero-order valence-electron chi connectivity index (χ0n) is 39.4. The van der Waals surface area contributed by atoms with E-state index in [4.69, 9.17) is 9.47 Å². The molecule has 0 radical (unpaired) electrons. The molecule has 2 unspecified atom stereocenters. The number of hydrogen-bond acceptors (Lipinski definition) is 7. The molecule has 0 saturated heterocycles. The number of nitrogens with zero attached hydrogens (tertiary/aromatic N) is 1. The minimum Gasteiger partial charge on any atom is -0.466 e. The monoisotopic (exact) mass is 848 g/mol. The van der Waals surface area contributed by atoms with Crippen molar-refractivity contribution >= 4 is 33.5 Å². The van der Waals surface area contributed by atoms with E-state index in [-0.39, 0.29) is 18.0 Å². The second-order valence-corrected chi connectivity index (χ2v) is 19.9. The fourth-order valence-electron chi connectivity index (χ4n) is 7.05. The van der Waals surface area contributed by atoms with Gasteiger partial charge in [0.2, 0.25) is 0 Å². The molecule has 0 heterocycles. The maximum absolute atomic E-state index is 13.4. The summed E-state index contributed by atoms with van der Waals surface area (Å²) in [7, 11) is 7.34. The maximum Gasteiger partial charge on any atom is 0.306 e. The molecule has 0 aromatic rings. The lowest BCUT2D eigenvalue weighted by molar-refractivity contribution is -0.151. The zero-order valence-corrected chi connectivity index (χ0v) is 41.0. The summed E-state index contributed by atoms with van der Waals surface area (Å²) in [6, 6.07) is 0. The van der Waals surface area contributed by atoms with Crippen molar-refractivity contribution in [2.45, 2.75) is 221 Å². The fourth-order valence-corrected chi connectivity index (χ4v) is 8.99. The number of ether oxygens (including phenoxy) is 2. The van der Waals surface area contributed by atoms with Crippen molar-refractivity contribution in [3.63, 3.8) is 0 Å². The Kier molecular flexibility index (Phi) is 41.2. The van der Waals surface area contributed by atoms with Crippen molar-refractivity contribution in [2.75, 3.05) is 38.8 Å². The smallest absolute Gasteiger partial charge is 0.306 e. The molecule has 0 amide bonds. The van der Waals surface area contributed by atoms with E-state index in [1.165, 1.54) is 113 Å². The van der Waals surface area contributed by atoms with E-state index < -0.39 is 0 Å². The zero-order chi connectivity index (χ0) is 42.9. The van der Waals surface area contributed by atoms with Gasteiger partial charge in [0.15, 0.2) is 0 Å². The molecule has 0 aliphatic carbocycles. The number of hydrogen-bond donors (Lipinski definition) is 0. The molecule has 0 bridgehead atoms. The molecule has 0 fully saturated rings. The number of carbonyl (C=O) groups excluding carboxylic acids is 2. The molecule has 2 atom stereocenters. The molecular weight excluding hydrogens is 755 g/mol. The minimum absolute atomic E-state index is 0.0829. The Labute approximate surface area is 368 Å². The molecule has 0 spiro atoms. The van der Waals surface area contributed by atoms with Gasteiger partial charge in [0.1, 0.15) is 6.10 Å². The van der Waals surface area contributed by atoms with Crippen molar-refractivity contribution < 1.29 is 19.1 Å². The Morgan fingerprint density at radius 3 is 1.67 bits per heavy atom. The SMILES string of the molecule is CCCC/C=C\CCCC(CCCCCCCCCCCCCC)C(C/C=C(\C)CC/C=C(\C)CCC=C(C)C)OC(=O)CCSSCCC(=O)OCCCN(C)C. The number of esters is 2. The van der Waals surface area contributed by atoms with Crippen LogP contribution in [0.3, 0.4) is 0 Å². The van der Waals surface area contributed by atoms with Gasteiger partial charge in [0.25, 0.3) is 0 Å². The van der Waals surface area contributed by atoms with Gasteiger partial charge in [-0.25, -0.2) is 0 Å². The van der Waals surface area contributed by atoms with Crippen LogP contribution in [0.25, 0.3) is 0 Å². The molecule has 0 aliphatic rings. The van der Waals surface area contributed by atoms with Gasteiger partial charge in [-0.05, 0) is 112 Å². The van der Waals surface area contributed by atoms with E-state index in [9.17, 15) is 9.59 Å². The lowest BCUT2D eigenvalue weighted by Gasteiger charge is -2.27.